The zero-order valence-electron chi connectivity index (χ0n) is 18.2. The Kier molecular flexibility index (Phi) is 5.53. The van der Waals surface area contributed by atoms with Gasteiger partial charge in [-0.2, -0.15) is 0 Å². The Morgan fingerprint density at radius 3 is 2.64 bits per heavy atom. The van der Waals surface area contributed by atoms with E-state index in [1.54, 1.807) is 21.0 Å². The number of nitrogens with zero attached hydrogens (tertiary/aromatic N) is 3. The van der Waals surface area contributed by atoms with E-state index in [1.165, 1.54) is 47.0 Å². The van der Waals surface area contributed by atoms with Crippen molar-refractivity contribution in [3.8, 4) is 0 Å². The molecule has 1 saturated carbocycles. The van der Waals surface area contributed by atoms with Crippen LogP contribution in [0.2, 0.25) is 0 Å². The Labute approximate surface area is 194 Å². The van der Waals surface area contributed by atoms with E-state index in [9.17, 15) is 18.0 Å². The highest BCUT2D eigenvalue weighted by atomic mass is 32.2. The van der Waals surface area contributed by atoms with Gasteiger partial charge in [0.2, 0.25) is 5.91 Å². The van der Waals surface area contributed by atoms with Gasteiger partial charge in [-0.05, 0) is 43.2 Å². The number of aliphatic imine (C=N–C) groups is 1. The van der Waals surface area contributed by atoms with Crippen LogP contribution in [0.1, 0.15) is 30.0 Å². The first kappa shape index (κ1) is 22.9. The van der Waals surface area contributed by atoms with Crippen molar-refractivity contribution in [1.29, 1.82) is 0 Å². The molecule has 1 heterocycles. The molecule has 1 amide bonds. The number of thioether (sulfide) groups is 1. The summed E-state index contributed by atoms with van der Waals surface area (Å²) in [6.07, 6.45) is 1.58. The number of amidine groups is 1. The number of amides is 1. The van der Waals surface area contributed by atoms with Gasteiger partial charge >= 0.3 is 0 Å². The zero-order chi connectivity index (χ0) is 24.1. The van der Waals surface area contributed by atoms with Crippen molar-refractivity contribution >= 4 is 40.4 Å². The predicted molar refractivity (Wildman–Crippen MR) is 124 cm³/mol. The minimum absolute atomic E-state index is 0.0619. The van der Waals surface area contributed by atoms with Crippen LogP contribution in [-0.4, -0.2) is 34.8 Å². The highest BCUT2D eigenvalue weighted by Gasteiger charge is 2.71. The highest BCUT2D eigenvalue weighted by molar-refractivity contribution is 8.15. The van der Waals surface area contributed by atoms with Gasteiger partial charge in [-0.1, -0.05) is 30.0 Å². The molecule has 1 aliphatic carbocycles. The molecule has 3 atom stereocenters. The van der Waals surface area contributed by atoms with E-state index in [2.05, 4.69) is 9.84 Å². The number of nitrogens with two attached hydrogens (primary N) is 1. The summed E-state index contributed by atoms with van der Waals surface area (Å²) in [7, 11) is 3.32. The predicted octanol–water partition coefficient (Wildman–Crippen LogP) is 5.11. The first-order chi connectivity index (χ1) is 15.5. The molecule has 9 heteroatoms. The topological polar surface area (TPSA) is 63.0 Å². The number of benzene rings is 2. The van der Waals surface area contributed by atoms with Crippen molar-refractivity contribution in [3.05, 3.63) is 76.1 Å². The molecule has 0 radical (unpaired) electrons. The van der Waals surface area contributed by atoms with Gasteiger partial charge in [-0.15, -0.1) is 0 Å². The summed E-state index contributed by atoms with van der Waals surface area (Å²) in [6.45, 7) is 8.65. The lowest BCUT2D eigenvalue weighted by molar-refractivity contribution is -0.129. The molecule has 170 valence electrons. The average molecular weight is 471 g/mol. The number of fused-ring (bicyclic) bond motifs is 1. The molecule has 2 aromatic rings. The van der Waals surface area contributed by atoms with E-state index in [0.29, 0.717) is 12.0 Å². The Balaban J connectivity index is 1.74. The van der Waals surface area contributed by atoms with E-state index < -0.39 is 27.7 Å². The van der Waals surface area contributed by atoms with Crippen molar-refractivity contribution in [2.45, 2.75) is 23.6 Å². The molecule has 33 heavy (non-hydrogen) atoms. The summed E-state index contributed by atoms with van der Waals surface area (Å²) < 4.78 is 43.2. The van der Waals surface area contributed by atoms with Gasteiger partial charge in [0.15, 0.2) is 10.9 Å². The van der Waals surface area contributed by atoms with Crippen molar-refractivity contribution < 1.29 is 18.0 Å². The average Bonchev–Trinajstić information content (AvgIpc) is 3.50. The second kappa shape index (κ2) is 7.96. The second-order valence-electron chi connectivity index (χ2n) is 8.55. The molecule has 0 spiro atoms. The number of hydrogen-bond donors (Lipinski definition) is 1. The third-order valence-corrected chi connectivity index (χ3v) is 7.44. The maximum Gasteiger partial charge on any atom is 0.239 e. The Bertz CT molecular complexity index is 1270. The summed E-state index contributed by atoms with van der Waals surface area (Å²) in [5, 5.41) is 0.190. The minimum Gasteiger partial charge on any atom is -0.378 e. The third-order valence-electron chi connectivity index (χ3n) is 6.15. The summed E-state index contributed by atoms with van der Waals surface area (Å²) in [5.74, 6) is -2.67. The lowest BCUT2D eigenvalue weighted by atomic mass is 9.84. The highest BCUT2D eigenvalue weighted by Crippen LogP contribution is 2.66. The van der Waals surface area contributed by atoms with E-state index in [0.717, 1.165) is 12.1 Å². The van der Waals surface area contributed by atoms with Crippen molar-refractivity contribution in [2.24, 2.45) is 16.6 Å². The number of carbonyl (C=O) groups is 1. The lowest BCUT2D eigenvalue weighted by Crippen LogP contribution is -2.43. The SMILES string of the molecule is [C-]#[N+]c1ccc(/C(F)=C/c2ccc(F)c([C@@]3(C)N=C(N)S[C@@]4(C(=O)N(C)C)C[C@H]43)c2)c(F)c1. The number of rotatable bonds is 4. The second-order valence-corrected chi connectivity index (χ2v) is 9.90. The van der Waals surface area contributed by atoms with Crippen LogP contribution < -0.4 is 5.73 Å². The first-order valence-electron chi connectivity index (χ1n) is 10.1. The molecule has 1 fully saturated rings. The van der Waals surface area contributed by atoms with E-state index in [-0.39, 0.29) is 33.8 Å². The van der Waals surface area contributed by atoms with Crippen LogP contribution in [0.15, 0.2) is 41.4 Å². The van der Waals surface area contributed by atoms with Gasteiger partial charge in [0, 0.05) is 31.1 Å². The van der Waals surface area contributed by atoms with Gasteiger partial charge in [-0.3, -0.25) is 9.79 Å². The van der Waals surface area contributed by atoms with E-state index in [1.807, 2.05) is 0 Å². The molecule has 2 aromatic carbocycles. The number of carbonyl (C=O) groups excluding carboxylic acids is 1. The van der Waals surface area contributed by atoms with Crippen molar-refractivity contribution in [3.63, 3.8) is 0 Å². The fourth-order valence-corrected chi connectivity index (χ4v) is 5.94. The molecule has 2 N–H and O–H groups in total. The minimum atomic E-state index is -1.12. The number of hydrogen-bond acceptors (Lipinski definition) is 4. The fourth-order valence-electron chi connectivity index (χ4n) is 4.44. The maximum absolute atomic E-state index is 15.0. The summed E-state index contributed by atoms with van der Waals surface area (Å²) in [4.78, 5) is 22.0. The van der Waals surface area contributed by atoms with Gasteiger partial charge < -0.3 is 10.6 Å². The molecular weight excluding hydrogens is 449 g/mol. The van der Waals surface area contributed by atoms with E-state index in [4.69, 9.17) is 12.3 Å². The molecule has 0 bridgehead atoms. The zero-order valence-corrected chi connectivity index (χ0v) is 19.0. The molecule has 1 aliphatic heterocycles. The van der Waals surface area contributed by atoms with Crippen LogP contribution in [-0.2, 0) is 10.3 Å². The van der Waals surface area contributed by atoms with E-state index >= 15 is 0 Å². The molecule has 0 unspecified atom stereocenters. The molecule has 0 saturated heterocycles. The van der Waals surface area contributed by atoms with Gasteiger partial charge in [0.05, 0.1) is 12.1 Å². The summed E-state index contributed by atoms with van der Waals surface area (Å²) in [6, 6.07) is 7.50. The van der Waals surface area contributed by atoms with Gasteiger partial charge in [-0.25, -0.2) is 18.0 Å². The van der Waals surface area contributed by atoms with Gasteiger partial charge in [0.25, 0.3) is 0 Å². The standard InChI is InChI=1S/C24H21F3N4OS/c1-23(20-12-24(20,21(32)31(3)4)33-22(28)30-23)16-9-13(5-8-17(16)25)10-18(26)15-7-6-14(29-2)11-19(15)27/h5-11,20H,12H2,1,3-4H3,(H2,28,30)/b18-10-/t20-,23+,24-/m0/s1. The van der Waals surface area contributed by atoms with Crippen LogP contribution in [0.5, 0.6) is 0 Å². The summed E-state index contributed by atoms with van der Waals surface area (Å²) >= 11 is 1.20. The first-order valence-corrected chi connectivity index (χ1v) is 10.9. The summed E-state index contributed by atoms with van der Waals surface area (Å²) in [5.41, 5.74) is 5.20. The molecule has 4 rings (SSSR count). The molecule has 0 aromatic heterocycles. The van der Waals surface area contributed by atoms with Crippen LogP contribution >= 0.6 is 11.8 Å². The van der Waals surface area contributed by atoms with Gasteiger partial charge in [0.1, 0.15) is 22.2 Å². The molecular formula is C24H21F3N4OS. The molecule has 5 nitrogen and oxygen atoms in total. The van der Waals surface area contributed by atoms with Crippen LogP contribution in [0.4, 0.5) is 18.9 Å². The molecule has 2 aliphatic rings. The largest absolute Gasteiger partial charge is 0.378 e. The quantitative estimate of drug-likeness (QED) is 0.499. The number of halogens is 3. The fraction of sp³-hybridized carbons (Fsp3) is 0.292. The Morgan fingerprint density at radius 2 is 2.00 bits per heavy atom. The van der Waals surface area contributed by atoms with Crippen LogP contribution in [0.3, 0.4) is 0 Å². The normalized spacial score (nSPS) is 26.2. The Hall–Kier alpha value is -3.25. The van der Waals surface area contributed by atoms with Crippen LogP contribution in [0.25, 0.3) is 16.7 Å². The Morgan fingerprint density at radius 1 is 1.27 bits per heavy atom. The third kappa shape index (κ3) is 3.78. The maximum atomic E-state index is 15.0. The lowest BCUT2D eigenvalue weighted by Gasteiger charge is -2.34. The van der Waals surface area contributed by atoms with Crippen LogP contribution in [0, 0.1) is 24.1 Å². The monoisotopic (exact) mass is 470 g/mol. The van der Waals surface area contributed by atoms with Crippen molar-refractivity contribution in [1.82, 2.24) is 4.90 Å². The van der Waals surface area contributed by atoms with Crippen molar-refractivity contribution in [2.75, 3.05) is 14.1 Å². The smallest absolute Gasteiger partial charge is 0.239 e.